The highest BCUT2D eigenvalue weighted by molar-refractivity contribution is 5.97. The average molecular weight is 306 g/mol. The lowest BCUT2D eigenvalue weighted by Gasteiger charge is -2.34. The van der Waals surface area contributed by atoms with E-state index in [0.717, 1.165) is 25.9 Å². The molecule has 1 saturated heterocycles. The zero-order valence-electron chi connectivity index (χ0n) is 13.0. The number of piperidine rings is 1. The second-order valence-electron chi connectivity index (χ2n) is 6.27. The standard InChI is InChI=1S/C17H23FN2O2/c1-17(8-10-19-11-9-17)12-20-16(22)7-6-15(21)13-2-4-14(18)5-3-13/h2-5,19H,6-12H2,1H3,(H,20,22). The number of amides is 1. The molecular weight excluding hydrogens is 283 g/mol. The Kier molecular flexibility index (Phi) is 5.66. The first kappa shape index (κ1) is 16.6. The monoisotopic (exact) mass is 306 g/mol. The third-order valence-corrected chi connectivity index (χ3v) is 4.27. The molecule has 5 heteroatoms. The predicted octanol–water partition coefficient (Wildman–Crippen LogP) is 2.29. The van der Waals surface area contributed by atoms with Crippen LogP contribution in [-0.2, 0) is 4.79 Å². The zero-order valence-corrected chi connectivity index (χ0v) is 13.0. The van der Waals surface area contributed by atoms with Gasteiger partial charge in [0, 0.05) is 24.9 Å². The van der Waals surface area contributed by atoms with Crippen molar-refractivity contribution in [2.75, 3.05) is 19.6 Å². The van der Waals surface area contributed by atoms with E-state index in [9.17, 15) is 14.0 Å². The molecule has 0 spiro atoms. The maximum absolute atomic E-state index is 12.8. The molecule has 1 aliphatic rings. The second-order valence-corrected chi connectivity index (χ2v) is 6.27. The Hall–Kier alpha value is -1.75. The van der Waals surface area contributed by atoms with Crippen molar-refractivity contribution in [2.45, 2.75) is 32.6 Å². The summed E-state index contributed by atoms with van der Waals surface area (Å²) < 4.78 is 12.8. The van der Waals surface area contributed by atoms with Gasteiger partial charge in [-0.2, -0.15) is 0 Å². The van der Waals surface area contributed by atoms with E-state index in [1.807, 2.05) is 0 Å². The van der Waals surface area contributed by atoms with Gasteiger partial charge in [0.15, 0.2) is 5.78 Å². The Bertz CT molecular complexity index is 522. The van der Waals surface area contributed by atoms with E-state index in [4.69, 9.17) is 0 Å². The molecule has 4 nitrogen and oxygen atoms in total. The third-order valence-electron chi connectivity index (χ3n) is 4.27. The van der Waals surface area contributed by atoms with Crippen LogP contribution in [-0.4, -0.2) is 31.3 Å². The van der Waals surface area contributed by atoms with Gasteiger partial charge in [-0.25, -0.2) is 4.39 Å². The molecule has 0 radical (unpaired) electrons. The highest BCUT2D eigenvalue weighted by Gasteiger charge is 2.26. The maximum atomic E-state index is 12.8. The number of ketones is 1. The van der Waals surface area contributed by atoms with Gasteiger partial charge >= 0.3 is 0 Å². The number of benzene rings is 1. The van der Waals surface area contributed by atoms with Gasteiger partial charge in [-0.15, -0.1) is 0 Å². The molecule has 1 amide bonds. The fourth-order valence-electron chi connectivity index (χ4n) is 2.61. The summed E-state index contributed by atoms with van der Waals surface area (Å²) in [5.74, 6) is -0.608. The number of halogens is 1. The third kappa shape index (κ3) is 4.91. The van der Waals surface area contributed by atoms with E-state index in [0.29, 0.717) is 12.1 Å². The van der Waals surface area contributed by atoms with Gasteiger partial charge in [0.25, 0.3) is 0 Å². The summed E-state index contributed by atoms with van der Waals surface area (Å²) in [5.41, 5.74) is 0.585. The summed E-state index contributed by atoms with van der Waals surface area (Å²) >= 11 is 0. The summed E-state index contributed by atoms with van der Waals surface area (Å²) in [6, 6.07) is 5.41. The molecule has 0 atom stereocenters. The van der Waals surface area contributed by atoms with Gasteiger partial charge in [0.1, 0.15) is 5.82 Å². The lowest BCUT2D eigenvalue weighted by Crippen LogP contribution is -2.42. The van der Waals surface area contributed by atoms with Crippen molar-refractivity contribution in [3.05, 3.63) is 35.6 Å². The lowest BCUT2D eigenvalue weighted by atomic mass is 9.81. The Balaban J connectivity index is 1.73. The van der Waals surface area contributed by atoms with Crippen LogP contribution in [0.15, 0.2) is 24.3 Å². The fourth-order valence-corrected chi connectivity index (χ4v) is 2.61. The van der Waals surface area contributed by atoms with Crippen LogP contribution >= 0.6 is 0 Å². The van der Waals surface area contributed by atoms with Crippen LogP contribution in [0.1, 0.15) is 43.0 Å². The lowest BCUT2D eigenvalue weighted by molar-refractivity contribution is -0.121. The van der Waals surface area contributed by atoms with Crippen LogP contribution in [0.2, 0.25) is 0 Å². The summed E-state index contributed by atoms with van der Waals surface area (Å²) in [6.45, 7) is 4.79. The van der Waals surface area contributed by atoms with E-state index in [2.05, 4.69) is 17.6 Å². The molecule has 2 N–H and O–H groups in total. The fraction of sp³-hybridized carbons (Fsp3) is 0.529. The summed E-state index contributed by atoms with van der Waals surface area (Å²) in [7, 11) is 0. The Morgan fingerprint density at radius 3 is 2.45 bits per heavy atom. The van der Waals surface area contributed by atoms with Gasteiger partial charge in [0.2, 0.25) is 5.91 Å². The van der Waals surface area contributed by atoms with Crippen LogP contribution in [0.4, 0.5) is 4.39 Å². The van der Waals surface area contributed by atoms with Crippen molar-refractivity contribution in [3.8, 4) is 0 Å². The van der Waals surface area contributed by atoms with Gasteiger partial charge in [-0.05, 0) is 55.6 Å². The Morgan fingerprint density at radius 1 is 1.18 bits per heavy atom. The van der Waals surface area contributed by atoms with Crippen molar-refractivity contribution in [1.82, 2.24) is 10.6 Å². The van der Waals surface area contributed by atoms with Crippen LogP contribution in [0.5, 0.6) is 0 Å². The number of Topliss-reactive ketones (excluding diaryl/α,β-unsaturated/α-hetero) is 1. The van der Waals surface area contributed by atoms with Crippen molar-refractivity contribution in [2.24, 2.45) is 5.41 Å². The molecule has 0 saturated carbocycles. The second kappa shape index (κ2) is 7.49. The Labute approximate surface area is 130 Å². The van der Waals surface area contributed by atoms with Crippen LogP contribution in [0.3, 0.4) is 0 Å². The number of hydrogen-bond acceptors (Lipinski definition) is 3. The topological polar surface area (TPSA) is 58.2 Å². The largest absolute Gasteiger partial charge is 0.356 e. The molecule has 0 bridgehead atoms. The first-order valence-corrected chi connectivity index (χ1v) is 7.75. The molecule has 22 heavy (non-hydrogen) atoms. The van der Waals surface area contributed by atoms with Crippen LogP contribution in [0.25, 0.3) is 0 Å². The highest BCUT2D eigenvalue weighted by Crippen LogP contribution is 2.26. The van der Waals surface area contributed by atoms with Crippen molar-refractivity contribution >= 4 is 11.7 Å². The molecule has 0 aromatic heterocycles. The van der Waals surface area contributed by atoms with E-state index >= 15 is 0 Å². The normalized spacial score (nSPS) is 17.0. The zero-order chi connectivity index (χ0) is 16.0. The molecule has 1 heterocycles. The Morgan fingerprint density at radius 2 is 1.82 bits per heavy atom. The molecular formula is C17H23FN2O2. The predicted molar refractivity (Wildman–Crippen MR) is 83.2 cm³/mol. The molecule has 0 unspecified atom stereocenters. The minimum Gasteiger partial charge on any atom is -0.356 e. The molecule has 2 rings (SSSR count). The molecule has 0 aliphatic carbocycles. The number of rotatable bonds is 6. The van der Waals surface area contributed by atoms with E-state index in [1.54, 1.807) is 0 Å². The van der Waals surface area contributed by atoms with Crippen molar-refractivity contribution in [1.29, 1.82) is 0 Å². The maximum Gasteiger partial charge on any atom is 0.220 e. The van der Waals surface area contributed by atoms with E-state index in [1.165, 1.54) is 24.3 Å². The van der Waals surface area contributed by atoms with Gasteiger partial charge in [-0.1, -0.05) is 6.92 Å². The van der Waals surface area contributed by atoms with Gasteiger partial charge < -0.3 is 10.6 Å². The summed E-state index contributed by atoms with van der Waals surface area (Å²) in [5, 5.41) is 6.24. The summed E-state index contributed by atoms with van der Waals surface area (Å²) in [4.78, 5) is 23.8. The molecule has 1 aromatic carbocycles. The summed E-state index contributed by atoms with van der Waals surface area (Å²) in [6.07, 6.45) is 2.41. The first-order chi connectivity index (χ1) is 10.5. The SMILES string of the molecule is CC1(CNC(=O)CCC(=O)c2ccc(F)cc2)CCNCC1. The van der Waals surface area contributed by atoms with Crippen molar-refractivity contribution < 1.29 is 14.0 Å². The smallest absolute Gasteiger partial charge is 0.220 e. The first-order valence-electron chi connectivity index (χ1n) is 7.75. The minimum absolute atomic E-state index is 0.102. The van der Waals surface area contributed by atoms with Crippen LogP contribution in [0, 0.1) is 11.2 Å². The minimum atomic E-state index is -0.371. The number of carbonyl (C=O) groups excluding carboxylic acids is 2. The quantitative estimate of drug-likeness (QED) is 0.793. The molecule has 1 aromatic rings. The highest BCUT2D eigenvalue weighted by atomic mass is 19.1. The molecule has 120 valence electrons. The average Bonchev–Trinajstić information content (AvgIpc) is 2.52. The van der Waals surface area contributed by atoms with E-state index < -0.39 is 0 Å². The van der Waals surface area contributed by atoms with Gasteiger partial charge in [-0.3, -0.25) is 9.59 Å². The number of nitrogens with one attached hydrogen (secondary N) is 2. The number of hydrogen-bond donors (Lipinski definition) is 2. The molecule has 1 aliphatic heterocycles. The van der Waals surface area contributed by atoms with E-state index in [-0.39, 0.29) is 35.8 Å². The van der Waals surface area contributed by atoms with Crippen LogP contribution < -0.4 is 10.6 Å². The molecule has 1 fully saturated rings. The van der Waals surface area contributed by atoms with Gasteiger partial charge in [0.05, 0.1) is 0 Å². The number of carbonyl (C=O) groups is 2. The van der Waals surface area contributed by atoms with Crippen molar-refractivity contribution in [3.63, 3.8) is 0 Å².